The van der Waals surface area contributed by atoms with E-state index < -0.39 is 5.97 Å². The molecule has 0 aliphatic rings. The van der Waals surface area contributed by atoms with Crippen LogP contribution >= 0.6 is 0 Å². The van der Waals surface area contributed by atoms with Crippen molar-refractivity contribution < 1.29 is 14.3 Å². The van der Waals surface area contributed by atoms with Crippen LogP contribution in [0.4, 0.5) is 15.9 Å². The summed E-state index contributed by atoms with van der Waals surface area (Å²) < 4.78 is 13.0. The molecule has 2 aromatic rings. The third-order valence-electron chi connectivity index (χ3n) is 2.65. The molecule has 0 saturated carbocycles. The van der Waals surface area contributed by atoms with Crippen molar-refractivity contribution in [2.24, 2.45) is 0 Å². The number of benzene rings is 1. The molecule has 0 aliphatic heterocycles. The Morgan fingerprint density at radius 2 is 2.00 bits per heavy atom. The molecular weight excluding hydrogens is 247 g/mol. The van der Waals surface area contributed by atoms with Crippen LogP contribution in [0.5, 0.6) is 0 Å². The number of hydrogen-bond donors (Lipinski definition) is 2. The number of halogens is 1. The number of carboxylic acids is 1. The van der Waals surface area contributed by atoms with Gasteiger partial charge in [-0.25, -0.2) is 14.2 Å². The zero-order valence-electron chi connectivity index (χ0n) is 10.6. The van der Waals surface area contributed by atoms with Crippen molar-refractivity contribution in [2.45, 2.75) is 13.8 Å². The number of pyridine rings is 1. The standard InChI is InChI=1S/C14H13FN2O2/c1-8-5-11(15)3-4-12(8)17-13-7-10(14(18)19)6-9(2)16-13/h3-7H,1-2H3,(H,16,17)(H,18,19). The summed E-state index contributed by atoms with van der Waals surface area (Å²) in [5.74, 6) is -0.900. The van der Waals surface area contributed by atoms with Gasteiger partial charge in [0, 0.05) is 11.4 Å². The summed E-state index contributed by atoms with van der Waals surface area (Å²) in [6.45, 7) is 3.48. The van der Waals surface area contributed by atoms with Gasteiger partial charge in [-0.3, -0.25) is 0 Å². The van der Waals surface area contributed by atoms with E-state index in [-0.39, 0.29) is 11.4 Å². The third-order valence-corrected chi connectivity index (χ3v) is 2.65. The molecule has 0 atom stereocenters. The van der Waals surface area contributed by atoms with Gasteiger partial charge >= 0.3 is 5.97 Å². The highest BCUT2D eigenvalue weighted by atomic mass is 19.1. The SMILES string of the molecule is Cc1cc(C(=O)O)cc(Nc2ccc(F)cc2C)n1. The molecule has 0 amide bonds. The highest BCUT2D eigenvalue weighted by Gasteiger charge is 2.08. The van der Waals surface area contributed by atoms with Crippen LogP contribution in [0, 0.1) is 19.7 Å². The first kappa shape index (κ1) is 13.0. The van der Waals surface area contributed by atoms with Crippen LogP contribution in [0.3, 0.4) is 0 Å². The quantitative estimate of drug-likeness (QED) is 0.889. The van der Waals surface area contributed by atoms with Gasteiger partial charge in [0.1, 0.15) is 11.6 Å². The van der Waals surface area contributed by atoms with E-state index in [9.17, 15) is 9.18 Å². The van der Waals surface area contributed by atoms with Crippen molar-refractivity contribution in [3.8, 4) is 0 Å². The second kappa shape index (κ2) is 5.06. The largest absolute Gasteiger partial charge is 0.478 e. The zero-order chi connectivity index (χ0) is 14.0. The van der Waals surface area contributed by atoms with Gasteiger partial charge in [-0.1, -0.05) is 0 Å². The molecule has 19 heavy (non-hydrogen) atoms. The maximum absolute atomic E-state index is 13.0. The van der Waals surface area contributed by atoms with Gasteiger partial charge < -0.3 is 10.4 Å². The number of rotatable bonds is 3. The molecule has 1 heterocycles. The second-order valence-electron chi connectivity index (χ2n) is 4.27. The number of aryl methyl sites for hydroxylation is 2. The number of anilines is 2. The molecule has 0 spiro atoms. The van der Waals surface area contributed by atoms with Crippen molar-refractivity contribution in [1.82, 2.24) is 4.98 Å². The summed E-state index contributed by atoms with van der Waals surface area (Å²) in [6, 6.07) is 7.26. The van der Waals surface area contributed by atoms with Gasteiger partial charge in [0.2, 0.25) is 0 Å². The average molecular weight is 260 g/mol. The number of nitrogens with zero attached hydrogens (tertiary/aromatic N) is 1. The number of hydrogen-bond acceptors (Lipinski definition) is 3. The first-order chi connectivity index (χ1) is 8.95. The fourth-order valence-corrected chi connectivity index (χ4v) is 1.76. The molecule has 0 fully saturated rings. The van der Waals surface area contributed by atoms with Crippen LogP contribution in [0.2, 0.25) is 0 Å². The van der Waals surface area contributed by atoms with E-state index in [1.165, 1.54) is 24.3 Å². The molecular formula is C14H13FN2O2. The average Bonchev–Trinajstić information content (AvgIpc) is 2.32. The fraction of sp³-hybridized carbons (Fsp3) is 0.143. The summed E-state index contributed by atoms with van der Waals surface area (Å²) in [5.41, 5.74) is 2.17. The van der Waals surface area contributed by atoms with Gasteiger partial charge in [0.05, 0.1) is 5.56 Å². The monoisotopic (exact) mass is 260 g/mol. The van der Waals surface area contributed by atoms with E-state index in [4.69, 9.17) is 5.11 Å². The number of aromatic carboxylic acids is 1. The van der Waals surface area contributed by atoms with Crippen LogP contribution in [0.25, 0.3) is 0 Å². The maximum Gasteiger partial charge on any atom is 0.335 e. The van der Waals surface area contributed by atoms with Gasteiger partial charge in [0.25, 0.3) is 0 Å². The van der Waals surface area contributed by atoms with E-state index >= 15 is 0 Å². The molecule has 0 saturated heterocycles. The minimum atomic E-state index is -1.01. The number of aromatic nitrogens is 1. The summed E-state index contributed by atoms with van der Waals surface area (Å²) in [4.78, 5) is 15.2. The fourth-order valence-electron chi connectivity index (χ4n) is 1.76. The smallest absolute Gasteiger partial charge is 0.335 e. The van der Waals surface area contributed by atoms with Crippen LogP contribution in [-0.4, -0.2) is 16.1 Å². The van der Waals surface area contributed by atoms with Gasteiger partial charge in [-0.2, -0.15) is 0 Å². The highest BCUT2D eigenvalue weighted by molar-refractivity contribution is 5.88. The third kappa shape index (κ3) is 3.07. The number of carboxylic acid groups (broad SMARTS) is 1. The van der Waals surface area contributed by atoms with Crippen LogP contribution in [0.15, 0.2) is 30.3 Å². The van der Waals surface area contributed by atoms with Crippen molar-refractivity contribution >= 4 is 17.5 Å². The Bertz CT molecular complexity index is 641. The van der Waals surface area contributed by atoms with Crippen molar-refractivity contribution in [2.75, 3.05) is 5.32 Å². The second-order valence-corrected chi connectivity index (χ2v) is 4.27. The molecule has 1 aromatic carbocycles. The molecule has 2 N–H and O–H groups in total. The minimum absolute atomic E-state index is 0.162. The Morgan fingerprint density at radius 3 is 2.63 bits per heavy atom. The first-order valence-corrected chi connectivity index (χ1v) is 5.71. The maximum atomic E-state index is 13.0. The van der Waals surface area contributed by atoms with Crippen molar-refractivity contribution in [1.29, 1.82) is 0 Å². The van der Waals surface area contributed by atoms with Crippen LogP contribution in [0.1, 0.15) is 21.6 Å². The minimum Gasteiger partial charge on any atom is -0.478 e. The Morgan fingerprint density at radius 1 is 1.26 bits per heavy atom. The highest BCUT2D eigenvalue weighted by Crippen LogP contribution is 2.21. The van der Waals surface area contributed by atoms with Crippen molar-refractivity contribution in [3.63, 3.8) is 0 Å². The summed E-state index contributed by atoms with van der Waals surface area (Å²) in [7, 11) is 0. The molecule has 98 valence electrons. The normalized spacial score (nSPS) is 10.3. The number of carbonyl (C=O) groups is 1. The van der Waals surface area contributed by atoms with E-state index in [1.807, 2.05) is 0 Å². The van der Waals surface area contributed by atoms with Crippen LogP contribution < -0.4 is 5.32 Å². The van der Waals surface area contributed by atoms with E-state index in [0.29, 0.717) is 17.2 Å². The zero-order valence-corrected chi connectivity index (χ0v) is 10.6. The summed E-state index contributed by atoms with van der Waals surface area (Å²) in [5, 5.41) is 12.0. The molecule has 2 rings (SSSR count). The molecule has 0 bridgehead atoms. The number of nitrogens with one attached hydrogen (secondary N) is 1. The lowest BCUT2D eigenvalue weighted by molar-refractivity contribution is 0.0696. The molecule has 0 unspecified atom stereocenters. The molecule has 4 nitrogen and oxygen atoms in total. The van der Waals surface area contributed by atoms with Gasteiger partial charge in [0.15, 0.2) is 0 Å². The van der Waals surface area contributed by atoms with Gasteiger partial charge in [-0.15, -0.1) is 0 Å². The molecule has 0 radical (unpaired) electrons. The van der Waals surface area contributed by atoms with E-state index in [0.717, 1.165) is 5.56 Å². The Balaban J connectivity index is 2.35. The topological polar surface area (TPSA) is 62.2 Å². The molecule has 5 heteroatoms. The first-order valence-electron chi connectivity index (χ1n) is 5.71. The van der Waals surface area contributed by atoms with Crippen molar-refractivity contribution in [3.05, 3.63) is 53.0 Å². The predicted octanol–water partition coefficient (Wildman–Crippen LogP) is 3.28. The molecule has 1 aromatic heterocycles. The van der Waals surface area contributed by atoms with E-state index in [2.05, 4.69) is 10.3 Å². The van der Waals surface area contributed by atoms with E-state index in [1.54, 1.807) is 19.9 Å². The predicted molar refractivity (Wildman–Crippen MR) is 70.4 cm³/mol. The summed E-state index contributed by atoms with van der Waals surface area (Å²) in [6.07, 6.45) is 0. The lowest BCUT2D eigenvalue weighted by Gasteiger charge is -2.10. The van der Waals surface area contributed by atoms with Gasteiger partial charge in [-0.05, 0) is 49.7 Å². The van der Waals surface area contributed by atoms with Crippen LogP contribution in [-0.2, 0) is 0 Å². The summed E-state index contributed by atoms with van der Waals surface area (Å²) >= 11 is 0. The lowest BCUT2D eigenvalue weighted by Crippen LogP contribution is -2.02. The Labute approximate surface area is 109 Å². The Kier molecular flexibility index (Phi) is 3.46. The lowest BCUT2D eigenvalue weighted by atomic mass is 10.2. The molecule has 0 aliphatic carbocycles. The Hall–Kier alpha value is -2.43.